The highest BCUT2D eigenvalue weighted by molar-refractivity contribution is 5.95. The summed E-state index contributed by atoms with van der Waals surface area (Å²) >= 11 is 0. The van der Waals surface area contributed by atoms with Gasteiger partial charge < -0.3 is 4.90 Å². The van der Waals surface area contributed by atoms with Gasteiger partial charge >= 0.3 is 0 Å². The number of hydrogen-bond donors (Lipinski definition) is 1. The van der Waals surface area contributed by atoms with Gasteiger partial charge in [-0.25, -0.2) is 13.8 Å². The van der Waals surface area contributed by atoms with Crippen LogP contribution in [0.2, 0.25) is 0 Å². The third kappa shape index (κ3) is 2.95. The molecule has 0 saturated carbocycles. The highest BCUT2D eigenvalue weighted by Gasteiger charge is 2.49. The van der Waals surface area contributed by atoms with Crippen LogP contribution in [0.25, 0.3) is 0 Å². The molecular formula is C16H18F2N4O. The van der Waals surface area contributed by atoms with Crippen LogP contribution >= 0.6 is 0 Å². The van der Waals surface area contributed by atoms with Crippen molar-refractivity contribution in [2.24, 2.45) is 0 Å². The second-order valence-electron chi connectivity index (χ2n) is 6.09. The molecule has 2 aromatic rings. The molecule has 23 heavy (non-hydrogen) atoms. The Morgan fingerprint density at radius 3 is 2.65 bits per heavy atom. The van der Waals surface area contributed by atoms with Crippen molar-refractivity contribution in [3.8, 4) is 0 Å². The molecule has 0 spiro atoms. The molecule has 1 aromatic carbocycles. The lowest BCUT2D eigenvalue weighted by atomic mass is 10.1. The second-order valence-corrected chi connectivity index (χ2v) is 6.09. The van der Waals surface area contributed by atoms with Gasteiger partial charge in [-0.15, -0.1) is 0 Å². The maximum Gasteiger partial charge on any atom is 0.267 e. The Labute approximate surface area is 132 Å². The summed E-state index contributed by atoms with van der Waals surface area (Å²) in [7, 11) is 0. The molecular weight excluding hydrogens is 302 g/mol. The van der Waals surface area contributed by atoms with Gasteiger partial charge in [-0.1, -0.05) is 6.07 Å². The smallest absolute Gasteiger partial charge is 0.267 e. The van der Waals surface area contributed by atoms with E-state index in [1.807, 2.05) is 19.9 Å². The number of alkyl halides is 2. The van der Waals surface area contributed by atoms with Crippen molar-refractivity contribution >= 4 is 5.91 Å². The van der Waals surface area contributed by atoms with Crippen molar-refractivity contribution in [1.29, 1.82) is 0 Å². The van der Waals surface area contributed by atoms with Crippen LogP contribution in [-0.2, 0) is 0 Å². The van der Waals surface area contributed by atoms with E-state index < -0.39 is 30.8 Å². The molecule has 0 aliphatic carbocycles. The monoisotopic (exact) mass is 320 g/mol. The summed E-state index contributed by atoms with van der Waals surface area (Å²) in [6.07, 6.45) is -0.457. The highest BCUT2D eigenvalue weighted by atomic mass is 19.3. The van der Waals surface area contributed by atoms with Crippen LogP contribution in [-0.4, -0.2) is 38.5 Å². The van der Waals surface area contributed by atoms with Crippen LogP contribution in [0.1, 0.15) is 45.6 Å². The van der Waals surface area contributed by atoms with Gasteiger partial charge in [-0.3, -0.25) is 9.89 Å². The first-order valence-electron chi connectivity index (χ1n) is 7.42. The molecule has 1 amide bonds. The minimum absolute atomic E-state index is 0.233. The van der Waals surface area contributed by atoms with Crippen molar-refractivity contribution in [2.75, 3.05) is 6.54 Å². The summed E-state index contributed by atoms with van der Waals surface area (Å²) in [4.78, 5) is 18.0. The predicted octanol–water partition coefficient (Wildman–Crippen LogP) is 2.95. The van der Waals surface area contributed by atoms with Crippen LogP contribution < -0.4 is 0 Å². The quantitative estimate of drug-likeness (QED) is 0.925. The van der Waals surface area contributed by atoms with Crippen LogP contribution in [0, 0.1) is 20.8 Å². The molecule has 2 heterocycles. The molecule has 1 N–H and O–H groups in total. The zero-order valence-electron chi connectivity index (χ0n) is 13.2. The number of aromatic nitrogens is 3. The van der Waals surface area contributed by atoms with Gasteiger partial charge in [-0.2, -0.15) is 5.10 Å². The Morgan fingerprint density at radius 1 is 1.30 bits per heavy atom. The first-order valence-corrected chi connectivity index (χ1v) is 7.42. The number of halogens is 2. The van der Waals surface area contributed by atoms with Crippen molar-refractivity contribution in [3.63, 3.8) is 0 Å². The standard InChI is InChI=1S/C16H18F2N4O/c1-9-4-5-12(6-10(9)2)15(23)22-8-16(17,18)7-13(22)14-19-11(3)20-21-14/h4-6,13H,7-8H2,1-3H3,(H,19,20,21)/t13-/m0/s1. The zero-order chi connectivity index (χ0) is 16.8. The number of carbonyl (C=O) groups is 1. The van der Waals surface area contributed by atoms with E-state index >= 15 is 0 Å². The Balaban J connectivity index is 1.94. The van der Waals surface area contributed by atoms with Crippen molar-refractivity contribution < 1.29 is 13.6 Å². The summed E-state index contributed by atoms with van der Waals surface area (Å²) in [6, 6.07) is 4.41. The first-order chi connectivity index (χ1) is 10.8. The van der Waals surface area contributed by atoms with Crippen LogP contribution in [0.5, 0.6) is 0 Å². The number of nitrogens with zero attached hydrogens (tertiary/aromatic N) is 3. The number of nitrogens with one attached hydrogen (secondary N) is 1. The van der Waals surface area contributed by atoms with Crippen molar-refractivity contribution in [1.82, 2.24) is 20.1 Å². The average molecular weight is 320 g/mol. The van der Waals surface area contributed by atoms with E-state index in [0.29, 0.717) is 11.4 Å². The Kier molecular flexibility index (Phi) is 3.66. The van der Waals surface area contributed by atoms with Gasteiger partial charge in [0.25, 0.3) is 11.8 Å². The predicted molar refractivity (Wildman–Crippen MR) is 80.4 cm³/mol. The summed E-state index contributed by atoms with van der Waals surface area (Å²) in [5, 5.41) is 6.60. The molecule has 1 aliphatic heterocycles. The molecule has 1 aliphatic rings. The molecule has 1 fully saturated rings. The Morgan fingerprint density at radius 2 is 2.04 bits per heavy atom. The maximum atomic E-state index is 13.9. The van der Waals surface area contributed by atoms with E-state index in [0.717, 1.165) is 11.1 Å². The number of rotatable bonds is 2. The summed E-state index contributed by atoms with van der Waals surface area (Å²) in [5.74, 6) is -2.59. The number of aromatic amines is 1. The number of H-pyrrole nitrogens is 1. The number of carbonyl (C=O) groups excluding carboxylic acids is 1. The molecule has 3 rings (SSSR count). The lowest BCUT2D eigenvalue weighted by Gasteiger charge is -2.22. The molecule has 0 bridgehead atoms. The van der Waals surface area contributed by atoms with E-state index in [1.165, 1.54) is 4.90 Å². The lowest BCUT2D eigenvalue weighted by molar-refractivity contribution is 0.0117. The van der Waals surface area contributed by atoms with Crippen LogP contribution in [0.3, 0.4) is 0 Å². The average Bonchev–Trinajstić information content (AvgIpc) is 3.04. The van der Waals surface area contributed by atoms with Gasteiger partial charge in [0.05, 0.1) is 12.6 Å². The minimum Gasteiger partial charge on any atom is -0.322 e. The zero-order valence-corrected chi connectivity index (χ0v) is 13.2. The lowest BCUT2D eigenvalue weighted by Crippen LogP contribution is -2.33. The first kappa shape index (κ1) is 15.6. The number of benzene rings is 1. The van der Waals surface area contributed by atoms with Crippen molar-refractivity contribution in [3.05, 3.63) is 46.5 Å². The molecule has 0 radical (unpaired) electrons. The molecule has 0 unspecified atom stereocenters. The third-order valence-electron chi connectivity index (χ3n) is 4.20. The highest BCUT2D eigenvalue weighted by Crippen LogP contribution is 2.40. The minimum atomic E-state index is -2.94. The fourth-order valence-electron chi connectivity index (χ4n) is 2.81. The van der Waals surface area contributed by atoms with E-state index in [1.54, 1.807) is 19.1 Å². The molecule has 1 aromatic heterocycles. The maximum absolute atomic E-state index is 13.9. The topological polar surface area (TPSA) is 61.9 Å². The third-order valence-corrected chi connectivity index (χ3v) is 4.20. The molecule has 1 atom stereocenters. The number of aryl methyl sites for hydroxylation is 3. The SMILES string of the molecule is Cc1nc([C@@H]2CC(F)(F)CN2C(=O)c2ccc(C)c(C)c2)n[nH]1. The Bertz CT molecular complexity index is 756. The molecule has 1 saturated heterocycles. The Hall–Kier alpha value is -2.31. The fraction of sp³-hybridized carbons (Fsp3) is 0.438. The number of hydrogen-bond acceptors (Lipinski definition) is 3. The van der Waals surface area contributed by atoms with E-state index in [9.17, 15) is 13.6 Å². The van der Waals surface area contributed by atoms with E-state index in [2.05, 4.69) is 15.2 Å². The van der Waals surface area contributed by atoms with Gasteiger partial charge in [0, 0.05) is 12.0 Å². The molecule has 122 valence electrons. The van der Waals surface area contributed by atoms with Crippen LogP contribution in [0.15, 0.2) is 18.2 Å². The van der Waals surface area contributed by atoms with Gasteiger partial charge in [-0.05, 0) is 44.0 Å². The van der Waals surface area contributed by atoms with Gasteiger partial charge in [0.1, 0.15) is 5.82 Å². The van der Waals surface area contributed by atoms with Crippen LogP contribution in [0.4, 0.5) is 8.78 Å². The number of amides is 1. The normalized spacial score (nSPS) is 20.0. The van der Waals surface area contributed by atoms with E-state index in [4.69, 9.17) is 0 Å². The summed E-state index contributed by atoms with van der Waals surface area (Å²) in [6.45, 7) is 4.91. The molecule has 5 nitrogen and oxygen atoms in total. The fourth-order valence-corrected chi connectivity index (χ4v) is 2.81. The summed E-state index contributed by atoms with van der Waals surface area (Å²) < 4.78 is 27.8. The largest absolute Gasteiger partial charge is 0.322 e. The molecule has 7 heteroatoms. The number of likely N-dealkylation sites (tertiary alicyclic amines) is 1. The van der Waals surface area contributed by atoms with Crippen molar-refractivity contribution in [2.45, 2.75) is 39.2 Å². The second kappa shape index (κ2) is 5.40. The van der Waals surface area contributed by atoms with Gasteiger partial charge in [0.2, 0.25) is 0 Å². The van der Waals surface area contributed by atoms with E-state index in [-0.39, 0.29) is 5.82 Å². The summed E-state index contributed by atoms with van der Waals surface area (Å²) in [5.41, 5.74) is 2.41. The van der Waals surface area contributed by atoms with Gasteiger partial charge in [0.15, 0.2) is 5.82 Å².